The molecule has 2 fully saturated rings. The smallest absolute Gasteiger partial charge is 0.383 e. The Morgan fingerprint density at radius 3 is 2.45 bits per heavy atom. The minimum absolute atomic E-state index is 0.0454. The molecule has 4 aliphatic rings. The topological polar surface area (TPSA) is 37.3 Å². The number of hydrogen-bond donors (Lipinski definition) is 1. The van der Waals surface area contributed by atoms with Crippen LogP contribution in [0.25, 0.3) is 0 Å². The standard InChI is InChI=1S/C22H27F5O2/c1-3-19-8-6-16-15-5-4-14(28)11-13(15)10-12(2)18(16)17(19)7-9-20(19,29)21(23,24)22(25,26)27/h11-12,17-18,29H,3-10H2,1-2H3/t12-,17+,18-,19+,20+/m1/s1. The maximum atomic E-state index is 14.6. The number of ketones is 1. The zero-order valence-corrected chi connectivity index (χ0v) is 16.7. The Morgan fingerprint density at radius 1 is 1.14 bits per heavy atom. The van der Waals surface area contributed by atoms with Crippen LogP contribution in [0.5, 0.6) is 0 Å². The summed E-state index contributed by atoms with van der Waals surface area (Å²) >= 11 is 0. The predicted octanol–water partition coefficient (Wildman–Crippen LogP) is 5.76. The van der Waals surface area contributed by atoms with Crippen molar-refractivity contribution >= 4 is 5.78 Å². The van der Waals surface area contributed by atoms with Crippen LogP contribution in [0.15, 0.2) is 22.8 Å². The van der Waals surface area contributed by atoms with Crippen LogP contribution in [0.3, 0.4) is 0 Å². The van der Waals surface area contributed by atoms with Crippen LogP contribution < -0.4 is 0 Å². The summed E-state index contributed by atoms with van der Waals surface area (Å²) in [4.78, 5) is 11.8. The Morgan fingerprint density at radius 2 is 1.83 bits per heavy atom. The Labute approximate surface area is 167 Å². The van der Waals surface area contributed by atoms with Crippen molar-refractivity contribution in [2.24, 2.45) is 23.2 Å². The van der Waals surface area contributed by atoms with Gasteiger partial charge in [0, 0.05) is 11.8 Å². The molecule has 2 nitrogen and oxygen atoms in total. The first-order valence-corrected chi connectivity index (χ1v) is 10.5. The molecule has 0 bridgehead atoms. The third-order valence-corrected chi connectivity index (χ3v) is 8.42. The summed E-state index contributed by atoms with van der Waals surface area (Å²) in [5.41, 5.74) is -1.27. The summed E-state index contributed by atoms with van der Waals surface area (Å²) < 4.78 is 69.2. The van der Waals surface area contributed by atoms with Gasteiger partial charge < -0.3 is 5.11 Å². The van der Waals surface area contributed by atoms with Gasteiger partial charge in [-0.05, 0) is 79.9 Å². The van der Waals surface area contributed by atoms with Crippen molar-refractivity contribution in [1.29, 1.82) is 0 Å². The van der Waals surface area contributed by atoms with E-state index in [1.807, 2.05) is 6.92 Å². The number of hydrogen-bond acceptors (Lipinski definition) is 2. The van der Waals surface area contributed by atoms with Crippen molar-refractivity contribution in [3.63, 3.8) is 0 Å². The average Bonchev–Trinajstić information content (AvgIpc) is 2.95. The van der Waals surface area contributed by atoms with E-state index in [0.29, 0.717) is 25.7 Å². The van der Waals surface area contributed by atoms with E-state index in [4.69, 9.17) is 0 Å². The third-order valence-electron chi connectivity index (χ3n) is 8.42. The first kappa shape index (κ1) is 21.0. The van der Waals surface area contributed by atoms with E-state index >= 15 is 0 Å². The number of fused-ring (bicyclic) bond motifs is 4. The van der Waals surface area contributed by atoms with Crippen LogP contribution in [-0.2, 0) is 4.79 Å². The van der Waals surface area contributed by atoms with Gasteiger partial charge in [-0.15, -0.1) is 0 Å². The zero-order chi connectivity index (χ0) is 21.4. The van der Waals surface area contributed by atoms with Gasteiger partial charge in [-0.2, -0.15) is 22.0 Å². The van der Waals surface area contributed by atoms with E-state index in [1.165, 1.54) is 0 Å². The van der Waals surface area contributed by atoms with Gasteiger partial charge in [-0.1, -0.05) is 19.4 Å². The lowest BCUT2D eigenvalue weighted by Crippen LogP contribution is -2.65. The minimum Gasteiger partial charge on any atom is -0.383 e. The second-order valence-corrected chi connectivity index (χ2v) is 9.43. The van der Waals surface area contributed by atoms with Crippen molar-refractivity contribution < 1.29 is 31.9 Å². The van der Waals surface area contributed by atoms with Gasteiger partial charge in [-0.3, -0.25) is 4.79 Å². The van der Waals surface area contributed by atoms with Crippen LogP contribution in [0.4, 0.5) is 22.0 Å². The van der Waals surface area contributed by atoms with E-state index < -0.39 is 35.5 Å². The lowest BCUT2D eigenvalue weighted by molar-refractivity contribution is -0.364. The highest BCUT2D eigenvalue weighted by Gasteiger charge is 2.79. The van der Waals surface area contributed by atoms with Crippen molar-refractivity contribution in [3.05, 3.63) is 22.8 Å². The molecule has 162 valence electrons. The van der Waals surface area contributed by atoms with E-state index in [-0.39, 0.29) is 36.9 Å². The monoisotopic (exact) mass is 418 g/mol. The molecular formula is C22H27F5O2. The molecule has 1 N–H and O–H groups in total. The SMILES string of the molecule is CC[C@]12CCC3=C4CCC(=O)C=C4C[C@@H](C)[C@H]3[C@@H]1CC[C@@]2(O)C(F)(F)C(F)(F)F. The molecule has 0 amide bonds. The van der Waals surface area contributed by atoms with Gasteiger partial charge in [0.05, 0.1) is 0 Å². The molecule has 0 aliphatic heterocycles. The maximum absolute atomic E-state index is 14.6. The van der Waals surface area contributed by atoms with Crippen molar-refractivity contribution in [3.8, 4) is 0 Å². The molecule has 7 heteroatoms. The average molecular weight is 418 g/mol. The van der Waals surface area contributed by atoms with Gasteiger partial charge in [0.25, 0.3) is 0 Å². The fourth-order valence-electron chi connectivity index (χ4n) is 7.19. The largest absolute Gasteiger partial charge is 0.456 e. The van der Waals surface area contributed by atoms with Crippen LogP contribution in [-0.4, -0.2) is 28.6 Å². The molecule has 2 saturated carbocycles. The fourth-order valence-corrected chi connectivity index (χ4v) is 7.19. The molecule has 0 saturated heterocycles. The number of rotatable bonds is 2. The third kappa shape index (κ3) is 2.58. The van der Waals surface area contributed by atoms with Crippen LogP contribution in [0.1, 0.15) is 65.2 Å². The molecule has 5 atom stereocenters. The minimum atomic E-state index is -5.78. The van der Waals surface area contributed by atoms with Gasteiger partial charge in [0.1, 0.15) is 5.60 Å². The summed E-state index contributed by atoms with van der Waals surface area (Å²) in [6, 6.07) is 0. The molecule has 0 aromatic carbocycles. The molecular weight excluding hydrogens is 391 g/mol. The second kappa shape index (κ2) is 6.38. The Bertz CT molecular complexity index is 796. The summed E-state index contributed by atoms with van der Waals surface area (Å²) in [7, 11) is 0. The van der Waals surface area contributed by atoms with Crippen molar-refractivity contribution in [1.82, 2.24) is 0 Å². The molecule has 0 aromatic heterocycles. The van der Waals surface area contributed by atoms with Crippen molar-refractivity contribution in [2.45, 2.75) is 82.9 Å². The number of alkyl halides is 5. The van der Waals surface area contributed by atoms with Crippen LogP contribution >= 0.6 is 0 Å². The molecule has 0 spiro atoms. The summed E-state index contributed by atoms with van der Waals surface area (Å²) in [5.74, 6) is -5.52. The Kier molecular flexibility index (Phi) is 4.62. The van der Waals surface area contributed by atoms with Gasteiger partial charge >= 0.3 is 12.1 Å². The summed E-state index contributed by atoms with van der Waals surface area (Å²) in [5, 5.41) is 11.0. The fraction of sp³-hybridized carbons (Fsp3) is 0.773. The normalized spacial score (nSPS) is 40.3. The molecule has 0 radical (unpaired) electrons. The molecule has 4 aliphatic carbocycles. The second-order valence-electron chi connectivity index (χ2n) is 9.43. The number of carbonyl (C=O) groups is 1. The maximum Gasteiger partial charge on any atom is 0.456 e. The lowest BCUT2D eigenvalue weighted by Gasteiger charge is -2.56. The Hall–Kier alpha value is -1.24. The lowest BCUT2D eigenvalue weighted by atomic mass is 9.50. The van der Waals surface area contributed by atoms with Gasteiger partial charge in [0.15, 0.2) is 5.78 Å². The first-order valence-electron chi connectivity index (χ1n) is 10.5. The first-order chi connectivity index (χ1) is 13.4. The highest BCUT2D eigenvalue weighted by atomic mass is 19.4. The zero-order valence-electron chi connectivity index (χ0n) is 16.7. The number of aliphatic hydroxyl groups is 1. The quantitative estimate of drug-likeness (QED) is 0.579. The molecule has 0 aromatic rings. The predicted molar refractivity (Wildman–Crippen MR) is 97.3 cm³/mol. The van der Waals surface area contributed by atoms with E-state index in [2.05, 4.69) is 0 Å². The van der Waals surface area contributed by atoms with E-state index in [1.54, 1.807) is 13.0 Å². The van der Waals surface area contributed by atoms with Crippen molar-refractivity contribution in [2.75, 3.05) is 0 Å². The van der Waals surface area contributed by atoms with E-state index in [0.717, 1.165) is 16.7 Å². The van der Waals surface area contributed by atoms with Crippen LogP contribution in [0, 0.1) is 23.2 Å². The van der Waals surface area contributed by atoms with E-state index in [9.17, 15) is 31.9 Å². The molecule has 0 unspecified atom stereocenters. The highest BCUT2D eigenvalue weighted by Crippen LogP contribution is 2.70. The summed E-state index contributed by atoms with van der Waals surface area (Å²) in [6.45, 7) is 3.62. The molecule has 29 heavy (non-hydrogen) atoms. The Balaban J connectivity index is 1.81. The highest BCUT2D eigenvalue weighted by molar-refractivity contribution is 5.93. The number of carbonyl (C=O) groups excluding carboxylic acids is 1. The number of halogens is 5. The summed E-state index contributed by atoms with van der Waals surface area (Å²) in [6.07, 6.45) is -2.16. The molecule has 0 heterocycles. The van der Waals surface area contributed by atoms with Gasteiger partial charge in [-0.25, -0.2) is 0 Å². The van der Waals surface area contributed by atoms with Crippen LogP contribution in [0.2, 0.25) is 0 Å². The number of allylic oxidation sites excluding steroid dienone is 4. The molecule has 4 rings (SSSR count). The van der Waals surface area contributed by atoms with Gasteiger partial charge in [0.2, 0.25) is 0 Å².